The van der Waals surface area contributed by atoms with Crippen LogP contribution < -0.4 is 5.73 Å². The summed E-state index contributed by atoms with van der Waals surface area (Å²) in [6.45, 7) is 0.176. The summed E-state index contributed by atoms with van der Waals surface area (Å²) in [4.78, 5) is 27.9. The minimum absolute atomic E-state index is 0.0559. The minimum Gasteiger partial charge on any atom is -0.364 e. The van der Waals surface area contributed by atoms with Crippen molar-refractivity contribution in [2.75, 3.05) is 0 Å². The van der Waals surface area contributed by atoms with Crippen molar-refractivity contribution >= 4 is 28.0 Å². The van der Waals surface area contributed by atoms with Crippen LogP contribution in [0.5, 0.6) is 0 Å². The summed E-state index contributed by atoms with van der Waals surface area (Å²) in [6, 6.07) is 8.01. The number of hydrogen-bond acceptors (Lipinski definition) is 4. The number of halogens is 3. The van der Waals surface area contributed by atoms with Gasteiger partial charge in [0.05, 0.1) is 5.56 Å². The first kappa shape index (κ1) is 19.7. The fourth-order valence-corrected chi connectivity index (χ4v) is 3.83. The molecule has 5 aromatic heterocycles. The molecule has 160 valence electrons. The maximum atomic E-state index is 13.5. The van der Waals surface area contributed by atoms with Crippen LogP contribution in [-0.4, -0.2) is 30.4 Å². The molecule has 0 aromatic carbocycles. The molecule has 0 bridgehead atoms. The van der Waals surface area contributed by atoms with Gasteiger partial charge in [-0.2, -0.15) is 13.2 Å². The van der Waals surface area contributed by atoms with Gasteiger partial charge in [-0.1, -0.05) is 0 Å². The first-order chi connectivity index (χ1) is 15.3. The number of nitrogens with two attached hydrogens (primary N) is 1. The number of hydrogen-bond donors (Lipinski definition) is 2. The van der Waals surface area contributed by atoms with Crippen LogP contribution in [0.2, 0.25) is 0 Å². The summed E-state index contributed by atoms with van der Waals surface area (Å²) in [7, 11) is 0. The van der Waals surface area contributed by atoms with E-state index in [1.807, 2.05) is 0 Å². The summed E-state index contributed by atoms with van der Waals surface area (Å²) < 4.78 is 41.9. The molecule has 7 nitrogen and oxygen atoms in total. The molecule has 0 fully saturated rings. The molecule has 5 rings (SSSR count). The van der Waals surface area contributed by atoms with Crippen molar-refractivity contribution in [2.24, 2.45) is 5.73 Å². The molecule has 0 saturated carbocycles. The van der Waals surface area contributed by atoms with Gasteiger partial charge in [0.25, 0.3) is 5.91 Å². The predicted octanol–water partition coefficient (Wildman–Crippen LogP) is 4.14. The van der Waals surface area contributed by atoms with E-state index in [4.69, 9.17) is 5.73 Å². The molecule has 5 aromatic rings. The molecule has 10 heteroatoms. The van der Waals surface area contributed by atoms with Gasteiger partial charge in [0.2, 0.25) is 0 Å². The third-order valence-electron chi connectivity index (χ3n) is 5.24. The fourth-order valence-electron chi connectivity index (χ4n) is 3.83. The highest BCUT2D eigenvalue weighted by atomic mass is 19.4. The quantitative estimate of drug-likeness (QED) is 0.442. The SMILES string of the molecule is NC(=O)c1c(-c2cnc3[nH]ccc3c2)c2cc(C(F)(F)F)cnc2n1Cc1ccncc1. The number of alkyl halides is 3. The molecule has 0 atom stereocenters. The number of nitrogens with zero attached hydrogens (tertiary/aromatic N) is 4. The first-order valence-corrected chi connectivity index (χ1v) is 9.54. The molecular formula is C22H15F3N6O. The van der Waals surface area contributed by atoms with Crippen LogP contribution in [0.25, 0.3) is 33.2 Å². The molecular weight excluding hydrogens is 421 g/mol. The molecule has 0 aliphatic heterocycles. The lowest BCUT2D eigenvalue weighted by molar-refractivity contribution is -0.137. The van der Waals surface area contributed by atoms with E-state index in [0.29, 0.717) is 11.2 Å². The smallest absolute Gasteiger partial charge is 0.364 e. The number of aromatic amines is 1. The largest absolute Gasteiger partial charge is 0.417 e. The molecule has 0 aliphatic rings. The van der Waals surface area contributed by atoms with Crippen LogP contribution in [-0.2, 0) is 12.7 Å². The number of carbonyl (C=O) groups excluding carboxylic acids is 1. The maximum absolute atomic E-state index is 13.5. The number of amides is 1. The lowest BCUT2D eigenvalue weighted by Gasteiger charge is -2.10. The first-order valence-electron chi connectivity index (χ1n) is 9.54. The summed E-state index contributed by atoms with van der Waals surface area (Å²) in [5, 5.41) is 0.909. The van der Waals surface area contributed by atoms with Gasteiger partial charge in [-0.15, -0.1) is 0 Å². The number of primary amides is 1. The Morgan fingerprint density at radius 1 is 1.09 bits per heavy atom. The van der Waals surface area contributed by atoms with Crippen LogP contribution in [0.3, 0.4) is 0 Å². The van der Waals surface area contributed by atoms with Gasteiger partial charge in [0, 0.05) is 59.4 Å². The zero-order chi connectivity index (χ0) is 22.5. The lowest BCUT2D eigenvalue weighted by Crippen LogP contribution is -2.18. The van der Waals surface area contributed by atoms with Crippen LogP contribution >= 0.6 is 0 Å². The maximum Gasteiger partial charge on any atom is 0.417 e. The minimum atomic E-state index is -4.60. The highest BCUT2D eigenvalue weighted by molar-refractivity contribution is 6.09. The van der Waals surface area contributed by atoms with Crippen LogP contribution in [0, 0.1) is 0 Å². The molecule has 5 heterocycles. The van der Waals surface area contributed by atoms with Gasteiger partial charge >= 0.3 is 6.18 Å². The monoisotopic (exact) mass is 436 g/mol. The standard InChI is InChI=1S/C22H15F3N6O/c23-22(24,25)15-8-16-17(14-7-13-3-6-28-20(13)29-9-14)18(19(26)32)31(21(16)30-10-15)11-12-1-4-27-5-2-12/h1-10H,11H2,(H2,26,32)(H,28,29). The van der Waals surface area contributed by atoms with Crippen molar-refractivity contribution < 1.29 is 18.0 Å². The van der Waals surface area contributed by atoms with E-state index in [9.17, 15) is 18.0 Å². The van der Waals surface area contributed by atoms with E-state index in [-0.39, 0.29) is 28.8 Å². The second kappa shape index (κ2) is 7.19. The second-order valence-electron chi connectivity index (χ2n) is 7.26. The van der Waals surface area contributed by atoms with Crippen molar-refractivity contribution in [3.05, 3.63) is 78.1 Å². The molecule has 1 amide bonds. The van der Waals surface area contributed by atoms with Gasteiger partial charge in [0.1, 0.15) is 17.0 Å². The number of fused-ring (bicyclic) bond motifs is 2. The van der Waals surface area contributed by atoms with Crippen LogP contribution in [0.4, 0.5) is 13.2 Å². The summed E-state index contributed by atoms with van der Waals surface area (Å²) >= 11 is 0. The lowest BCUT2D eigenvalue weighted by atomic mass is 10.0. The Morgan fingerprint density at radius 2 is 1.88 bits per heavy atom. The van der Waals surface area contributed by atoms with Gasteiger partial charge in [-0.25, -0.2) is 9.97 Å². The summed E-state index contributed by atoms with van der Waals surface area (Å²) in [6.07, 6.45) is 2.54. The van der Waals surface area contributed by atoms with Gasteiger partial charge < -0.3 is 15.3 Å². The summed E-state index contributed by atoms with van der Waals surface area (Å²) in [5.74, 6) is -0.783. The predicted molar refractivity (Wildman–Crippen MR) is 112 cm³/mol. The Labute approximate surface area is 178 Å². The number of nitrogens with one attached hydrogen (secondary N) is 1. The Hall–Kier alpha value is -4.21. The zero-order valence-corrected chi connectivity index (χ0v) is 16.4. The Balaban J connectivity index is 1.84. The second-order valence-corrected chi connectivity index (χ2v) is 7.26. The fraction of sp³-hybridized carbons (Fsp3) is 0.0909. The van der Waals surface area contributed by atoms with E-state index >= 15 is 0 Å². The van der Waals surface area contributed by atoms with Crippen molar-refractivity contribution in [2.45, 2.75) is 12.7 Å². The van der Waals surface area contributed by atoms with Gasteiger partial charge in [-0.3, -0.25) is 9.78 Å². The highest BCUT2D eigenvalue weighted by Crippen LogP contribution is 2.38. The molecule has 32 heavy (non-hydrogen) atoms. The molecule has 0 aliphatic carbocycles. The average Bonchev–Trinajstić information content (AvgIpc) is 3.35. The number of pyridine rings is 3. The third-order valence-corrected chi connectivity index (χ3v) is 5.24. The Kier molecular flexibility index (Phi) is 4.43. The Bertz CT molecular complexity index is 1470. The number of carbonyl (C=O) groups is 1. The molecule has 0 radical (unpaired) electrons. The van der Waals surface area contributed by atoms with Crippen molar-refractivity contribution in [1.29, 1.82) is 0 Å². The average molecular weight is 436 g/mol. The zero-order valence-electron chi connectivity index (χ0n) is 16.4. The molecule has 0 saturated heterocycles. The molecule has 0 unspecified atom stereocenters. The van der Waals surface area contributed by atoms with E-state index in [2.05, 4.69) is 19.9 Å². The Morgan fingerprint density at radius 3 is 2.59 bits per heavy atom. The van der Waals surface area contributed by atoms with Crippen LogP contribution in [0.15, 0.2) is 61.3 Å². The van der Waals surface area contributed by atoms with Crippen LogP contribution in [0.1, 0.15) is 21.6 Å². The molecule has 0 spiro atoms. The van der Waals surface area contributed by atoms with Crippen molar-refractivity contribution in [3.63, 3.8) is 0 Å². The number of aromatic nitrogens is 5. The third kappa shape index (κ3) is 3.25. The van der Waals surface area contributed by atoms with Gasteiger partial charge in [0.15, 0.2) is 0 Å². The van der Waals surface area contributed by atoms with E-state index in [1.54, 1.807) is 42.9 Å². The normalized spacial score (nSPS) is 12.0. The number of H-pyrrole nitrogens is 1. The highest BCUT2D eigenvalue weighted by Gasteiger charge is 2.33. The van der Waals surface area contributed by atoms with E-state index in [1.165, 1.54) is 10.8 Å². The topological polar surface area (TPSA) is 102 Å². The molecule has 3 N–H and O–H groups in total. The van der Waals surface area contributed by atoms with Crippen molar-refractivity contribution in [3.8, 4) is 11.1 Å². The summed E-state index contributed by atoms with van der Waals surface area (Å²) in [5.41, 5.74) is 7.21. The van der Waals surface area contributed by atoms with E-state index in [0.717, 1.165) is 23.2 Å². The van der Waals surface area contributed by atoms with Gasteiger partial charge in [-0.05, 0) is 35.9 Å². The van der Waals surface area contributed by atoms with E-state index < -0.39 is 17.6 Å². The van der Waals surface area contributed by atoms with Crippen molar-refractivity contribution in [1.82, 2.24) is 24.5 Å². The number of rotatable bonds is 4.